The molecule has 7 heteroatoms. The van der Waals surface area contributed by atoms with Crippen LogP contribution in [0.1, 0.15) is 20.3 Å². The van der Waals surface area contributed by atoms with Crippen molar-refractivity contribution in [3.05, 3.63) is 18.2 Å². The molecule has 0 fully saturated rings. The fraction of sp³-hybridized carbons (Fsp3) is 0.455. The monoisotopic (exact) mass is 273 g/mol. The number of nitrogen functional groups attached to an aromatic ring is 1. The van der Waals surface area contributed by atoms with Crippen molar-refractivity contribution in [3.8, 4) is 0 Å². The lowest BCUT2D eigenvalue weighted by molar-refractivity contribution is 0.179. The van der Waals surface area contributed by atoms with Crippen LogP contribution < -0.4 is 16.2 Å². The van der Waals surface area contributed by atoms with Crippen LogP contribution in [0.25, 0.3) is 0 Å². The molecule has 0 aliphatic rings. The van der Waals surface area contributed by atoms with Crippen molar-refractivity contribution in [2.24, 2.45) is 5.14 Å². The summed E-state index contributed by atoms with van der Waals surface area (Å²) >= 11 is 0. The van der Waals surface area contributed by atoms with E-state index in [0.717, 1.165) is 0 Å². The number of aliphatic hydroxyl groups is 1. The van der Waals surface area contributed by atoms with Crippen molar-refractivity contribution in [2.45, 2.75) is 37.3 Å². The van der Waals surface area contributed by atoms with E-state index in [1.54, 1.807) is 13.0 Å². The molecule has 1 aromatic carbocycles. The van der Waals surface area contributed by atoms with Gasteiger partial charge in [0.2, 0.25) is 10.0 Å². The minimum absolute atomic E-state index is 0.0197. The second-order valence-electron chi connectivity index (χ2n) is 4.42. The van der Waals surface area contributed by atoms with E-state index in [2.05, 4.69) is 5.32 Å². The Labute approximate surface area is 107 Å². The molecule has 1 aromatic rings. The van der Waals surface area contributed by atoms with Gasteiger partial charge < -0.3 is 16.2 Å². The van der Waals surface area contributed by atoms with E-state index in [-0.39, 0.29) is 10.9 Å². The molecular weight excluding hydrogens is 254 g/mol. The number of nitrogens with two attached hydrogens (primary N) is 2. The summed E-state index contributed by atoms with van der Waals surface area (Å²) in [5, 5.41) is 17.4. The van der Waals surface area contributed by atoms with Gasteiger partial charge in [0.25, 0.3) is 0 Å². The van der Waals surface area contributed by atoms with E-state index in [1.807, 2.05) is 6.92 Å². The molecule has 6 N–H and O–H groups in total. The van der Waals surface area contributed by atoms with Gasteiger partial charge in [0.1, 0.15) is 0 Å². The number of nitrogens with one attached hydrogen (secondary N) is 1. The number of sulfonamides is 1. The van der Waals surface area contributed by atoms with Crippen LogP contribution in [0, 0.1) is 0 Å². The van der Waals surface area contributed by atoms with Crippen molar-refractivity contribution in [1.82, 2.24) is 0 Å². The summed E-state index contributed by atoms with van der Waals surface area (Å²) in [5.74, 6) is 0. The molecule has 2 unspecified atom stereocenters. The largest absolute Gasteiger partial charge is 0.397 e. The first-order valence-electron chi connectivity index (χ1n) is 5.57. The lowest BCUT2D eigenvalue weighted by Gasteiger charge is -2.18. The van der Waals surface area contributed by atoms with E-state index >= 15 is 0 Å². The molecule has 2 atom stereocenters. The standard InChI is InChI=1S/C11H19N3O3S/c1-7(5-8(2)15)14-11-4-3-9(6-10(11)12)18(13,16)17/h3-4,6-8,14-15H,5,12H2,1-2H3,(H2,13,16,17). The maximum absolute atomic E-state index is 11.1. The van der Waals surface area contributed by atoms with E-state index in [0.29, 0.717) is 17.8 Å². The third kappa shape index (κ3) is 4.17. The zero-order valence-corrected chi connectivity index (χ0v) is 11.2. The highest BCUT2D eigenvalue weighted by Crippen LogP contribution is 2.23. The Morgan fingerprint density at radius 3 is 2.44 bits per heavy atom. The Kier molecular flexibility index (Phi) is 4.55. The SMILES string of the molecule is CC(O)CC(C)Nc1ccc(S(N)(=O)=O)cc1N. The molecule has 0 aliphatic heterocycles. The smallest absolute Gasteiger partial charge is 0.238 e. The molecular formula is C11H19N3O3S. The minimum atomic E-state index is -3.74. The molecule has 0 amide bonds. The summed E-state index contributed by atoms with van der Waals surface area (Å²) in [6.45, 7) is 3.60. The lowest BCUT2D eigenvalue weighted by Crippen LogP contribution is -2.21. The number of hydrogen-bond donors (Lipinski definition) is 4. The fourth-order valence-corrected chi connectivity index (χ4v) is 2.23. The van der Waals surface area contributed by atoms with E-state index in [9.17, 15) is 13.5 Å². The van der Waals surface area contributed by atoms with Gasteiger partial charge in [0.05, 0.1) is 22.4 Å². The molecule has 0 saturated carbocycles. The first-order valence-corrected chi connectivity index (χ1v) is 7.11. The Morgan fingerprint density at radius 2 is 2.00 bits per heavy atom. The number of aliphatic hydroxyl groups excluding tert-OH is 1. The average Bonchev–Trinajstić information content (AvgIpc) is 2.18. The summed E-state index contributed by atoms with van der Waals surface area (Å²) in [7, 11) is -3.74. The summed E-state index contributed by atoms with van der Waals surface area (Å²) in [6, 6.07) is 4.29. The number of rotatable bonds is 5. The molecule has 0 aliphatic carbocycles. The number of primary sulfonamides is 1. The van der Waals surface area contributed by atoms with Gasteiger partial charge in [-0.1, -0.05) is 0 Å². The van der Waals surface area contributed by atoms with E-state index in [4.69, 9.17) is 10.9 Å². The zero-order chi connectivity index (χ0) is 13.9. The van der Waals surface area contributed by atoms with Crippen LogP contribution in [0.2, 0.25) is 0 Å². The molecule has 0 radical (unpaired) electrons. The third-order valence-electron chi connectivity index (χ3n) is 2.45. The number of anilines is 2. The Balaban J connectivity index is 2.87. The Bertz CT molecular complexity index is 514. The summed E-state index contributed by atoms with van der Waals surface area (Å²) < 4.78 is 22.3. The van der Waals surface area contributed by atoms with Gasteiger partial charge in [-0.05, 0) is 38.5 Å². The molecule has 1 rings (SSSR count). The highest BCUT2D eigenvalue weighted by Gasteiger charge is 2.12. The number of hydrogen-bond acceptors (Lipinski definition) is 5. The van der Waals surface area contributed by atoms with Gasteiger partial charge in [-0.2, -0.15) is 0 Å². The number of benzene rings is 1. The van der Waals surface area contributed by atoms with Crippen molar-refractivity contribution in [2.75, 3.05) is 11.1 Å². The van der Waals surface area contributed by atoms with Gasteiger partial charge >= 0.3 is 0 Å². The zero-order valence-electron chi connectivity index (χ0n) is 10.4. The van der Waals surface area contributed by atoms with Crippen molar-refractivity contribution < 1.29 is 13.5 Å². The van der Waals surface area contributed by atoms with Crippen LogP contribution in [-0.4, -0.2) is 25.7 Å². The third-order valence-corrected chi connectivity index (χ3v) is 3.36. The summed E-state index contributed by atoms with van der Waals surface area (Å²) in [4.78, 5) is -0.0197. The Hall–Kier alpha value is -1.31. The van der Waals surface area contributed by atoms with E-state index < -0.39 is 16.1 Å². The van der Waals surface area contributed by atoms with Gasteiger partial charge in [-0.15, -0.1) is 0 Å². The van der Waals surface area contributed by atoms with Crippen molar-refractivity contribution in [3.63, 3.8) is 0 Å². The molecule has 0 heterocycles. The maximum Gasteiger partial charge on any atom is 0.238 e. The highest BCUT2D eigenvalue weighted by atomic mass is 32.2. The van der Waals surface area contributed by atoms with Gasteiger partial charge in [-0.3, -0.25) is 0 Å². The first kappa shape index (κ1) is 14.7. The van der Waals surface area contributed by atoms with Crippen molar-refractivity contribution in [1.29, 1.82) is 0 Å². The summed E-state index contributed by atoms with van der Waals surface area (Å²) in [6.07, 6.45) is 0.147. The van der Waals surface area contributed by atoms with Crippen LogP contribution in [-0.2, 0) is 10.0 Å². The van der Waals surface area contributed by atoms with Crippen molar-refractivity contribution >= 4 is 21.4 Å². The minimum Gasteiger partial charge on any atom is -0.397 e. The topological polar surface area (TPSA) is 118 Å². The van der Waals surface area contributed by atoms with Crippen LogP contribution in [0.4, 0.5) is 11.4 Å². The fourth-order valence-electron chi connectivity index (χ4n) is 1.69. The Morgan fingerprint density at radius 1 is 1.39 bits per heavy atom. The van der Waals surface area contributed by atoms with Gasteiger partial charge in [0, 0.05) is 6.04 Å². The van der Waals surface area contributed by atoms with Crippen LogP contribution in [0.3, 0.4) is 0 Å². The predicted molar refractivity (Wildman–Crippen MR) is 71.6 cm³/mol. The van der Waals surface area contributed by atoms with Crippen LogP contribution >= 0.6 is 0 Å². The summed E-state index contributed by atoms with van der Waals surface area (Å²) in [5.41, 5.74) is 6.68. The van der Waals surface area contributed by atoms with Crippen LogP contribution in [0.15, 0.2) is 23.1 Å². The molecule has 0 bridgehead atoms. The highest BCUT2D eigenvalue weighted by molar-refractivity contribution is 7.89. The van der Waals surface area contributed by atoms with Gasteiger partial charge in [0.15, 0.2) is 0 Å². The average molecular weight is 273 g/mol. The predicted octanol–water partition coefficient (Wildman–Crippen LogP) is 0.487. The normalized spacial score (nSPS) is 15.1. The van der Waals surface area contributed by atoms with Gasteiger partial charge in [-0.25, -0.2) is 13.6 Å². The van der Waals surface area contributed by atoms with Crippen LogP contribution in [0.5, 0.6) is 0 Å². The second-order valence-corrected chi connectivity index (χ2v) is 5.99. The molecule has 0 saturated heterocycles. The molecule has 0 aromatic heterocycles. The maximum atomic E-state index is 11.1. The molecule has 0 spiro atoms. The van der Waals surface area contributed by atoms with E-state index in [1.165, 1.54) is 12.1 Å². The molecule has 102 valence electrons. The molecule has 6 nitrogen and oxygen atoms in total. The molecule has 18 heavy (non-hydrogen) atoms. The quantitative estimate of drug-likeness (QED) is 0.582. The lowest BCUT2D eigenvalue weighted by atomic mass is 10.1. The first-order chi connectivity index (χ1) is 8.20. The second kappa shape index (κ2) is 5.55.